The molecule has 0 saturated carbocycles. The topological polar surface area (TPSA) is 52.7 Å². The summed E-state index contributed by atoms with van der Waals surface area (Å²) in [4.78, 5) is 29.1. The zero-order valence-electron chi connectivity index (χ0n) is 14.5. The maximum atomic E-state index is 12.5. The molecular weight excluding hydrogens is 310 g/mol. The molecule has 2 atom stereocenters. The number of allylic oxidation sites excluding steroid dienone is 1. The lowest BCUT2D eigenvalue weighted by Crippen LogP contribution is -2.50. The van der Waals surface area contributed by atoms with E-state index in [1.54, 1.807) is 22.7 Å². The highest BCUT2D eigenvalue weighted by Crippen LogP contribution is 2.31. The quantitative estimate of drug-likeness (QED) is 0.750. The SMILES string of the molecule is CCC1SCC(C(=O)NCCN2CCCC2)N1C(=O)C=C(C)C. The lowest BCUT2D eigenvalue weighted by atomic mass is 10.2. The maximum Gasteiger partial charge on any atom is 0.248 e. The van der Waals surface area contributed by atoms with Gasteiger partial charge in [0.2, 0.25) is 11.8 Å². The average Bonchev–Trinajstić information content (AvgIpc) is 3.15. The van der Waals surface area contributed by atoms with Gasteiger partial charge in [-0.15, -0.1) is 11.8 Å². The molecule has 0 spiro atoms. The van der Waals surface area contributed by atoms with E-state index in [2.05, 4.69) is 17.1 Å². The van der Waals surface area contributed by atoms with Crippen LogP contribution in [0.4, 0.5) is 0 Å². The first-order chi connectivity index (χ1) is 11.0. The third kappa shape index (κ3) is 4.98. The third-order valence-corrected chi connectivity index (χ3v) is 5.79. The molecule has 0 radical (unpaired) electrons. The molecule has 130 valence electrons. The fourth-order valence-electron chi connectivity index (χ4n) is 3.16. The summed E-state index contributed by atoms with van der Waals surface area (Å²) in [5.74, 6) is 0.640. The van der Waals surface area contributed by atoms with E-state index in [1.165, 1.54) is 12.8 Å². The molecule has 0 aliphatic carbocycles. The van der Waals surface area contributed by atoms with Crippen LogP contribution in [0.25, 0.3) is 0 Å². The fourth-order valence-corrected chi connectivity index (χ4v) is 4.52. The zero-order valence-corrected chi connectivity index (χ0v) is 15.3. The van der Waals surface area contributed by atoms with Gasteiger partial charge in [-0.05, 0) is 46.2 Å². The molecule has 5 nitrogen and oxygen atoms in total. The number of amides is 2. The van der Waals surface area contributed by atoms with E-state index in [-0.39, 0.29) is 23.2 Å². The van der Waals surface area contributed by atoms with E-state index in [1.807, 2.05) is 13.8 Å². The minimum absolute atomic E-state index is 0.0110. The molecule has 0 aromatic carbocycles. The summed E-state index contributed by atoms with van der Waals surface area (Å²) >= 11 is 1.71. The van der Waals surface area contributed by atoms with Gasteiger partial charge in [-0.2, -0.15) is 0 Å². The molecule has 2 amide bonds. The Balaban J connectivity index is 1.91. The Morgan fingerprint density at radius 3 is 2.57 bits per heavy atom. The molecule has 0 aromatic rings. The van der Waals surface area contributed by atoms with E-state index < -0.39 is 0 Å². The molecule has 23 heavy (non-hydrogen) atoms. The van der Waals surface area contributed by atoms with Gasteiger partial charge in [-0.25, -0.2) is 0 Å². The van der Waals surface area contributed by atoms with Crippen LogP contribution in [0, 0.1) is 0 Å². The number of carbonyl (C=O) groups excluding carboxylic acids is 2. The van der Waals surface area contributed by atoms with Gasteiger partial charge in [0.25, 0.3) is 0 Å². The van der Waals surface area contributed by atoms with Crippen LogP contribution in [0.15, 0.2) is 11.6 Å². The first-order valence-corrected chi connectivity index (χ1v) is 9.66. The number of nitrogens with zero attached hydrogens (tertiary/aromatic N) is 2. The second kappa shape index (κ2) is 8.73. The van der Waals surface area contributed by atoms with Crippen molar-refractivity contribution in [3.8, 4) is 0 Å². The molecule has 2 aliphatic heterocycles. The number of nitrogens with one attached hydrogen (secondary N) is 1. The van der Waals surface area contributed by atoms with Crippen molar-refractivity contribution in [2.75, 3.05) is 31.9 Å². The van der Waals surface area contributed by atoms with Crippen LogP contribution < -0.4 is 5.32 Å². The molecule has 2 saturated heterocycles. The van der Waals surface area contributed by atoms with Crippen molar-refractivity contribution < 1.29 is 9.59 Å². The summed E-state index contributed by atoms with van der Waals surface area (Å²) in [7, 11) is 0. The normalized spacial score (nSPS) is 24.7. The molecule has 2 fully saturated rings. The zero-order chi connectivity index (χ0) is 16.8. The van der Waals surface area contributed by atoms with Crippen LogP contribution in [0.2, 0.25) is 0 Å². The summed E-state index contributed by atoms with van der Waals surface area (Å²) in [5.41, 5.74) is 0.968. The Morgan fingerprint density at radius 1 is 1.26 bits per heavy atom. The van der Waals surface area contributed by atoms with Crippen LogP contribution in [-0.2, 0) is 9.59 Å². The number of rotatable bonds is 6. The molecule has 2 aliphatic rings. The summed E-state index contributed by atoms with van der Waals surface area (Å²) in [6.07, 6.45) is 5.02. The van der Waals surface area contributed by atoms with Crippen LogP contribution in [0.5, 0.6) is 0 Å². The van der Waals surface area contributed by atoms with Gasteiger partial charge in [0.05, 0.1) is 5.37 Å². The Kier molecular flexibility index (Phi) is 6.96. The number of likely N-dealkylation sites (tertiary alicyclic amines) is 1. The highest BCUT2D eigenvalue weighted by Gasteiger charge is 2.39. The van der Waals surface area contributed by atoms with Crippen molar-refractivity contribution in [1.82, 2.24) is 15.1 Å². The number of hydrogen-bond donors (Lipinski definition) is 1. The maximum absolute atomic E-state index is 12.5. The Labute approximate surface area is 143 Å². The number of thioether (sulfide) groups is 1. The van der Waals surface area contributed by atoms with Crippen molar-refractivity contribution in [2.45, 2.75) is 51.4 Å². The summed E-state index contributed by atoms with van der Waals surface area (Å²) in [6, 6.07) is -0.341. The largest absolute Gasteiger partial charge is 0.353 e. The molecule has 1 N–H and O–H groups in total. The van der Waals surface area contributed by atoms with E-state index in [0.29, 0.717) is 12.3 Å². The molecular formula is C17H29N3O2S. The smallest absolute Gasteiger partial charge is 0.248 e. The van der Waals surface area contributed by atoms with Gasteiger partial charge in [0.15, 0.2) is 0 Å². The van der Waals surface area contributed by atoms with Gasteiger partial charge in [-0.3, -0.25) is 9.59 Å². The van der Waals surface area contributed by atoms with E-state index in [9.17, 15) is 9.59 Å². The van der Waals surface area contributed by atoms with Crippen LogP contribution in [0.3, 0.4) is 0 Å². The van der Waals surface area contributed by atoms with Crippen molar-refractivity contribution >= 4 is 23.6 Å². The van der Waals surface area contributed by atoms with Crippen molar-refractivity contribution in [2.24, 2.45) is 0 Å². The van der Waals surface area contributed by atoms with Crippen LogP contribution >= 0.6 is 11.8 Å². The predicted molar refractivity (Wildman–Crippen MR) is 95.3 cm³/mol. The summed E-state index contributed by atoms with van der Waals surface area (Å²) in [5, 5.41) is 3.13. The Hall–Kier alpha value is -1.01. The second-order valence-corrected chi connectivity index (χ2v) is 7.73. The summed E-state index contributed by atoms with van der Waals surface area (Å²) in [6.45, 7) is 9.73. The van der Waals surface area contributed by atoms with E-state index in [0.717, 1.165) is 31.6 Å². The second-order valence-electron chi connectivity index (χ2n) is 6.52. The fraction of sp³-hybridized carbons (Fsp3) is 0.765. The summed E-state index contributed by atoms with van der Waals surface area (Å²) < 4.78 is 0. The molecule has 2 unspecified atom stereocenters. The molecule has 6 heteroatoms. The van der Waals surface area contributed by atoms with Crippen molar-refractivity contribution in [1.29, 1.82) is 0 Å². The molecule has 2 heterocycles. The van der Waals surface area contributed by atoms with E-state index in [4.69, 9.17) is 0 Å². The Morgan fingerprint density at radius 2 is 1.96 bits per heavy atom. The third-order valence-electron chi connectivity index (χ3n) is 4.34. The van der Waals surface area contributed by atoms with Gasteiger partial charge in [0.1, 0.15) is 6.04 Å². The highest BCUT2D eigenvalue weighted by atomic mass is 32.2. The van der Waals surface area contributed by atoms with Gasteiger partial charge >= 0.3 is 0 Å². The monoisotopic (exact) mass is 339 g/mol. The van der Waals surface area contributed by atoms with Gasteiger partial charge in [-0.1, -0.05) is 12.5 Å². The first-order valence-electron chi connectivity index (χ1n) is 8.61. The lowest BCUT2D eigenvalue weighted by molar-refractivity contribution is -0.136. The predicted octanol–water partition coefficient (Wildman–Crippen LogP) is 1.84. The average molecular weight is 340 g/mol. The highest BCUT2D eigenvalue weighted by molar-refractivity contribution is 8.00. The van der Waals surface area contributed by atoms with Crippen molar-refractivity contribution in [3.05, 3.63) is 11.6 Å². The molecule has 2 rings (SSSR count). The van der Waals surface area contributed by atoms with Crippen LogP contribution in [-0.4, -0.2) is 65.0 Å². The van der Waals surface area contributed by atoms with Crippen molar-refractivity contribution in [3.63, 3.8) is 0 Å². The standard InChI is InChI=1S/C17H29N3O2S/c1-4-16-20(15(21)11-13(2)3)14(12-23-16)17(22)18-7-10-19-8-5-6-9-19/h11,14,16H,4-10,12H2,1-3H3,(H,18,22). The number of carbonyl (C=O) groups is 2. The molecule has 0 aromatic heterocycles. The minimum atomic E-state index is -0.341. The van der Waals surface area contributed by atoms with Gasteiger partial charge < -0.3 is 15.1 Å². The number of hydrogen-bond acceptors (Lipinski definition) is 4. The van der Waals surface area contributed by atoms with Gasteiger partial charge in [0, 0.05) is 24.9 Å². The Bertz CT molecular complexity index is 457. The van der Waals surface area contributed by atoms with Crippen LogP contribution in [0.1, 0.15) is 40.0 Å². The molecule has 0 bridgehead atoms. The minimum Gasteiger partial charge on any atom is -0.353 e. The first kappa shape index (κ1) is 18.3. The lowest BCUT2D eigenvalue weighted by Gasteiger charge is -2.27. The van der Waals surface area contributed by atoms with E-state index >= 15 is 0 Å².